The van der Waals surface area contributed by atoms with E-state index in [0.29, 0.717) is 0 Å². The molecule has 0 bridgehead atoms. The fourth-order valence-corrected chi connectivity index (χ4v) is 3.15. The van der Waals surface area contributed by atoms with Gasteiger partial charge >= 0.3 is 0 Å². The number of rotatable bonds is 4. The molecular formula is C15H17BrN8. The van der Waals surface area contributed by atoms with Crippen LogP contribution in [0.25, 0.3) is 5.69 Å². The molecule has 0 N–H and O–H groups in total. The maximum absolute atomic E-state index is 4.31. The molecule has 2 aromatic heterocycles. The van der Waals surface area contributed by atoms with Gasteiger partial charge in [-0.2, -0.15) is 9.78 Å². The summed E-state index contributed by atoms with van der Waals surface area (Å²) in [6.07, 6.45) is 3.80. The van der Waals surface area contributed by atoms with E-state index in [2.05, 4.69) is 46.4 Å². The maximum Gasteiger partial charge on any atom is 0.250 e. The van der Waals surface area contributed by atoms with Gasteiger partial charge in [-0.05, 0) is 38.5 Å². The minimum absolute atomic E-state index is 0.794. The number of halogens is 1. The molecule has 3 heterocycles. The molecule has 1 aliphatic heterocycles. The minimum atomic E-state index is 0.794. The van der Waals surface area contributed by atoms with Crippen LogP contribution in [0.1, 0.15) is 0 Å². The second-order valence-electron chi connectivity index (χ2n) is 5.67. The maximum atomic E-state index is 4.31. The van der Waals surface area contributed by atoms with Crippen LogP contribution in [0.15, 0.2) is 47.2 Å². The van der Waals surface area contributed by atoms with Gasteiger partial charge in [-0.1, -0.05) is 23.3 Å². The van der Waals surface area contributed by atoms with Gasteiger partial charge in [0, 0.05) is 32.4 Å². The van der Waals surface area contributed by atoms with Gasteiger partial charge in [0.1, 0.15) is 0 Å². The molecule has 0 radical (unpaired) electrons. The lowest BCUT2D eigenvalue weighted by Gasteiger charge is -2.34. The molecule has 0 unspecified atom stereocenters. The molecule has 0 amide bonds. The van der Waals surface area contributed by atoms with E-state index in [1.807, 2.05) is 47.4 Å². The summed E-state index contributed by atoms with van der Waals surface area (Å²) in [4.78, 5) is 4.59. The van der Waals surface area contributed by atoms with Crippen molar-refractivity contribution in [1.82, 2.24) is 34.9 Å². The predicted molar refractivity (Wildman–Crippen MR) is 92.9 cm³/mol. The summed E-state index contributed by atoms with van der Waals surface area (Å²) in [6, 6.07) is 9.97. The highest BCUT2D eigenvalue weighted by Gasteiger charge is 2.22. The first kappa shape index (κ1) is 15.3. The van der Waals surface area contributed by atoms with Crippen molar-refractivity contribution in [2.45, 2.75) is 6.67 Å². The molecule has 1 aromatic carbocycles. The normalized spacial score (nSPS) is 15.8. The third-order valence-electron chi connectivity index (χ3n) is 4.06. The van der Waals surface area contributed by atoms with E-state index in [1.54, 1.807) is 4.68 Å². The highest BCUT2D eigenvalue weighted by molar-refractivity contribution is 9.10. The summed E-state index contributed by atoms with van der Waals surface area (Å²) in [5.41, 5.74) is 0.973. The zero-order valence-corrected chi connectivity index (χ0v) is 14.6. The summed E-state index contributed by atoms with van der Waals surface area (Å²) in [5.74, 6) is 0.794. The SMILES string of the molecule is Brc1cnn(CN2CCN(c3nnnn3-c3ccccc3)CC2)c1. The van der Waals surface area contributed by atoms with Gasteiger partial charge in [0.05, 0.1) is 23.0 Å². The zero-order valence-electron chi connectivity index (χ0n) is 13.0. The van der Waals surface area contributed by atoms with Gasteiger partial charge in [0.2, 0.25) is 5.95 Å². The summed E-state index contributed by atoms with van der Waals surface area (Å²) in [6.45, 7) is 4.45. The lowest BCUT2D eigenvalue weighted by atomic mass is 10.3. The second kappa shape index (κ2) is 6.70. The van der Waals surface area contributed by atoms with Crippen LogP contribution >= 0.6 is 15.9 Å². The molecule has 3 aromatic rings. The fourth-order valence-electron chi connectivity index (χ4n) is 2.83. The van der Waals surface area contributed by atoms with Crippen LogP contribution in [0.4, 0.5) is 5.95 Å². The van der Waals surface area contributed by atoms with Crippen LogP contribution in [0, 0.1) is 0 Å². The van der Waals surface area contributed by atoms with Crippen LogP contribution in [0.2, 0.25) is 0 Å². The molecule has 1 aliphatic rings. The molecule has 4 rings (SSSR count). The van der Waals surface area contributed by atoms with Gasteiger partial charge in [-0.3, -0.25) is 9.58 Å². The smallest absolute Gasteiger partial charge is 0.250 e. The number of piperazine rings is 1. The molecule has 8 nitrogen and oxygen atoms in total. The number of hydrogen-bond donors (Lipinski definition) is 0. The molecule has 0 atom stereocenters. The number of nitrogens with zero attached hydrogens (tertiary/aromatic N) is 8. The first-order valence-corrected chi connectivity index (χ1v) is 8.58. The fraction of sp³-hybridized carbons (Fsp3) is 0.333. The highest BCUT2D eigenvalue weighted by atomic mass is 79.9. The number of hydrogen-bond acceptors (Lipinski definition) is 6. The second-order valence-corrected chi connectivity index (χ2v) is 6.59. The first-order chi connectivity index (χ1) is 11.8. The molecule has 1 fully saturated rings. The molecule has 24 heavy (non-hydrogen) atoms. The molecule has 0 aliphatic carbocycles. The Labute approximate surface area is 147 Å². The lowest BCUT2D eigenvalue weighted by molar-refractivity contribution is 0.195. The van der Waals surface area contributed by atoms with E-state index < -0.39 is 0 Å². The van der Waals surface area contributed by atoms with Crippen molar-refractivity contribution < 1.29 is 0 Å². The van der Waals surface area contributed by atoms with Gasteiger partial charge in [0.25, 0.3) is 0 Å². The standard InChI is InChI=1S/C15H17BrN8/c16-13-10-17-23(11-13)12-21-6-8-22(9-7-21)15-18-19-20-24(15)14-4-2-1-3-5-14/h1-5,10-11H,6-9,12H2. The number of benzene rings is 1. The Morgan fingerprint density at radius 2 is 1.83 bits per heavy atom. The van der Waals surface area contributed by atoms with Gasteiger partial charge in [-0.15, -0.1) is 0 Å². The summed E-state index contributed by atoms with van der Waals surface area (Å²) in [7, 11) is 0. The van der Waals surface area contributed by atoms with Crippen LogP contribution < -0.4 is 4.90 Å². The predicted octanol–water partition coefficient (Wildman–Crippen LogP) is 1.40. The molecule has 124 valence electrons. The Morgan fingerprint density at radius 1 is 1.04 bits per heavy atom. The third kappa shape index (κ3) is 3.17. The minimum Gasteiger partial charge on any atom is -0.337 e. The first-order valence-electron chi connectivity index (χ1n) is 7.79. The van der Waals surface area contributed by atoms with Gasteiger partial charge < -0.3 is 4.90 Å². The van der Waals surface area contributed by atoms with Gasteiger partial charge in [-0.25, -0.2) is 0 Å². The van der Waals surface area contributed by atoms with Crippen molar-refractivity contribution in [1.29, 1.82) is 0 Å². The van der Waals surface area contributed by atoms with E-state index >= 15 is 0 Å². The molecule has 0 saturated carbocycles. The Balaban J connectivity index is 1.42. The number of anilines is 1. The van der Waals surface area contributed by atoms with Crippen molar-refractivity contribution >= 4 is 21.9 Å². The largest absolute Gasteiger partial charge is 0.337 e. The summed E-state index contributed by atoms with van der Waals surface area (Å²) >= 11 is 3.43. The van der Waals surface area contributed by atoms with Crippen LogP contribution in [0.5, 0.6) is 0 Å². The van der Waals surface area contributed by atoms with E-state index in [9.17, 15) is 0 Å². The van der Waals surface area contributed by atoms with Gasteiger partial charge in [0.15, 0.2) is 0 Å². The van der Waals surface area contributed by atoms with E-state index in [4.69, 9.17) is 0 Å². The number of para-hydroxylation sites is 1. The molecular weight excluding hydrogens is 372 g/mol. The Hall–Kier alpha value is -2.26. The molecule has 9 heteroatoms. The molecule has 0 spiro atoms. The highest BCUT2D eigenvalue weighted by Crippen LogP contribution is 2.17. The van der Waals surface area contributed by atoms with Crippen molar-refractivity contribution in [3.63, 3.8) is 0 Å². The van der Waals surface area contributed by atoms with Crippen LogP contribution in [0.3, 0.4) is 0 Å². The zero-order chi connectivity index (χ0) is 16.4. The van der Waals surface area contributed by atoms with Crippen molar-refractivity contribution in [3.05, 3.63) is 47.2 Å². The average molecular weight is 389 g/mol. The summed E-state index contributed by atoms with van der Waals surface area (Å²) < 4.78 is 4.73. The third-order valence-corrected chi connectivity index (χ3v) is 4.47. The Morgan fingerprint density at radius 3 is 2.54 bits per heavy atom. The van der Waals surface area contributed by atoms with Crippen molar-refractivity contribution in [3.8, 4) is 5.69 Å². The summed E-state index contributed by atoms with van der Waals surface area (Å²) in [5, 5.41) is 16.5. The van der Waals surface area contributed by atoms with E-state index in [0.717, 1.165) is 49.0 Å². The topological polar surface area (TPSA) is 67.9 Å². The molecule has 1 saturated heterocycles. The number of aromatic nitrogens is 6. The van der Waals surface area contributed by atoms with E-state index in [-0.39, 0.29) is 0 Å². The van der Waals surface area contributed by atoms with Crippen LogP contribution in [-0.2, 0) is 6.67 Å². The van der Waals surface area contributed by atoms with Crippen LogP contribution in [-0.4, -0.2) is 61.1 Å². The Kier molecular flexibility index (Phi) is 4.26. The van der Waals surface area contributed by atoms with E-state index in [1.165, 1.54) is 0 Å². The quantitative estimate of drug-likeness (QED) is 0.672. The van der Waals surface area contributed by atoms with Crippen molar-refractivity contribution in [2.75, 3.05) is 31.1 Å². The Bertz CT molecular complexity index is 791. The average Bonchev–Trinajstić information content (AvgIpc) is 3.26. The lowest BCUT2D eigenvalue weighted by Crippen LogP contribution is -2.47. The van der Waals surface area contributed by atoms with Crippen molar-refractivity contribution in [2.24, 2.45) is 0 Å². The number of tetrazole rings is 1. The monoisotopic (exact) mass is 388 g/mol.